The smallest absolute Gasteiger partial charge is 0.254 e. The van der Waals surface area contributed by atoms with E-state index >= 15 is 0 Å². The van der Waals surface area contributed by atoms with Crippen molar-refractivity contribution >= 4 is 29.3 Å². The van der Waals surface area contributed by atoms with Crippen LogP contribution in [0.1, 0.15) is 34.8 Å². The lowest BCUT2D eigenvalue weighted by molar-refractivity contribution is 0.0934. The number of likely N-dealkylation sites (tertiary alicyclic amines) is 1. The van der Waals surface area contributed by atoms with E-state index in [1.165, 1.54) is 24.6 Å². The summed E-state index contributed by atoms with van der Waals surface area (Å²) in [6.07, 6.45) is 6.01. The molecule has 1 atom stereocenters. The van der Waals surface area contributed by atoms with Gasteiger partial charge in [0.15, 0.2) is 0 Å². The van der Waals surface area contributed by atoms with Gasteiger partial charge in [-0.05, 0) is 55.9 Å². The molecule has 132 valence electrons. The number of amides is 1. The van der Waals surface area contributed by atoms with Crippen LogP contribution in [0.15, 0.2) is 47.6 Å². The van der Waals surface area contributed by atoms with Gasteiger partial charge in [0.05, 0.1) is 11.6 Å². The first-order valence-corrected chi connectivity index (χ1v) is 10.1. The molecule has 1 aliphatic heterocycles. The molecule has 2 heterocycles. The second kappa shape index (κ2) is 8.70. The molecular formula is C19H22ClN3OS. The Labute approximate surface area is 158 Å². The Hall–Kier alpha value is -1.56. The number of halogens is 1. The van der Waals surface area contributed by atoms with E-state index in [1.54, 1.807) is 12.3 Å². The van der Waals surface area contributed by atoms with E-state index in [-0.39, 0.29) is 11.9 Å². The summed E-state index contributed by atoms with van der Waals surface area (Å²) < 4.78 is 0. The number of rotatable bonds is 6. The normalized spacial score (nSPS) is 15.9. The number of carbonyl (C=O) groups excluding carboxylic acids is 1. The highest BCUT2D eigenvalue weighted by Crippen LogP contribution is 2.30. The number of thioether (sulfide) groups is 1. The van der Waals surface area contributed by atoms with Crippen molar-refractivity contribution in [3.63, 3.8) is 0 Å². The first-order valence-electron chi connectivity index (χ1n) is 8.46. The van der Waals surface area contributed by atoms with Crippen LogP contribution in [0, 0.1) is 0 Å². The van der Waals surface area contributed by atoms with Gasteiger partial charge in [0.2, 0.25) is 0 Å². The van der Waals surface area contributed by atoms with Crippen LogP contribution in [0.2, 0.25) is 5.02 Å². The van der Waals surface area contributed by atoms with Gasteiger partial charge in [-0.2, -0.15) is 0 Å². The van der Waals surface area contributed by atoms with Gasteiger partial charge in [-0.1, -0.05) is 29.8 Å². The number of hydrogen-bond donors (Lipinski definition) is 1. The zero-order valence-electron chi connectivity index (χ0n) is 14.2. The largest absolute Gasteiger partial charge is 0.350 e. The van der Waals surface area contributed by atoms with Crippen molar-refractivity contribution < 1.29 is 4.79 Å². The molecule has 0 aliphatic carbocycles. The van der Waals surface area contributed by atoms with Crippen LogP contribution in [0.3, 0.4) is 0 Å². The maximum absolute atomic E-state index is 12.6. The summed E-state index contributed by atoms with van der Waals surface area (Å²) in [5.41, 5.74) is 1.69. The SMILES string of the molecule is CSc1ncccc1C(=O)NCC(c1ccccc1Cl)N1CCCC1. The Kier molecular flexibility index (Phi) is 6.34. The minimum Gasteiger partial charge on any atom is -0.350 e. The molecule has 6 heteroatoms. The third-order valence-electron chi connectivity index (χ3n) is 4.51. The number of aromatic nitrogens is 1. The van der Waals surface area contributed by atoms with Crippen molar-refractivity contribution in [1.29, 1.82) is 0 Å². The van der Waals surface area contributed by atoms with Crippen LogP contribution in [-0.2, 0) is 0 Å². The Morgan fingerprint density at radius 2 is 2.04 bits per heavy atom. The molecule has 1 aliphatic rings. The van der Waals surface area contributed by atoms with Crippen molar-refractivity contribution in [1.82, 2.24) is 15.2 Å². The highest BCUT2D eigenvalue weighted by atomic mass is 35.5. The predicted octanol–water partition coefficient (Wildman–Crippen LogP) is 4.02. The van der Waals surface area contributed by atoms with Crippen molar-refractivity contribution in [3.8, 4) is 0 Å². The fourth-order valence-electron chi connectivity index (χ4n) is 3.25. The lowest BCUT2D eigenvalue weighted by atomic mass is 10.1. The van der Waals surface area contributed by atoms with Crippen molar-refractivity contribution in [2.24, 2.45) is 0 Å². The molecule has 1 N–H and O–H groups in total. The second-order valence-corrected chi connectivity index (χ2v) is 7.25. The highest BCUT2D eigenvalue weighted by molar-refractivity contribution is 7.98. The third-order valence-corrected chi connectivity index (χ3v) is 5.57. The van der Waals surface area contributed by atoms with Crippen LogP contribution in [0.4, 0.5) is 0 Å². The van der Waals surface area contributed by atoms with Gasteiger partial charge in [-0.15, -0.1) is 11.8 Å². The summed E-state index contributed by atoms with van der Waals surface area (Å²) in [5.74, 6) is -0.0892. The lowest BCUT2D eigenvalue weighted by Crippen LogP contribution is -2.37. The van der Waals surface area contributed by atoms with E-state index in [4.69, 9.17) is 11.6 Å². The Bertz CT molecular complexity index is 734. The molecular weight excluding hydrogens is 354 g/mol. The lowest BCUT2D eigenvalue weighted by Gasteiger charge is -2.29. The minimum absolute atomic E-state index is 0.0892. The van der Waals surface area contributed by atoms with Crippen molar-refractivity contribution in [2.75, 3.05) is 25.9 Å². The number of benzene rings is 1. The average Bonchev–Trinajstić information content (AvgIpc) is 3.17. The molecule has 3 rings (SSSR count). The molecule has 4 nitrogen and oxygen atoms in total. The standard InChI is InChI=1S/C19H22ClN3OS/c1-25-19-15(8-6-10-21-19)18(24)22-13-17(23-11-4-5-12-23)14-7-2-3-9-16(14)20/h2-3,6-10,17H,4-5,11-13H2,1H3,(H,22,24). The first kappa shape index (κ1) is 18.2. The number of nitrogens with zero attached hydrogens (tertiary/aromatic N) is 2. The fraction of sp³-hybridized carbons (Fsp3) is 0.368. The Morgan fingerprint density at radius 1 is 1.28 bits per heavy atom. The van der Waals surface area contributed by atoms with E-state index < -0.39 is 0 Å². The van der Waals surface area contributed by atoms with Crippen LogP contribution in [-0.4, -0.2) is 41.7 Å². The van der Waals surface area contributed by atoms with Crippen molar-refractivity contribution in [3.05, 3.63) is 58.7 Å². The van der Waals surface area contributed by atoms with E-state index in [1.807, 2.05) is 30.5 Å². The summed E-state index contributed by atoms with van der Waals surface area (Å²) in [4.78, 5) is 19.3. The number of pyridine rings is 1. The number of hydrogen-bond acceptors (Lipinski definition) is 4. The van der Waals surface area contributed by atoms with Gasteiger partial charge in [-0.25, -0.2) is 4.98 Å². The monoisotopic (exact) mass is 375 g/mol. The Balaban J connectivity index is 1.77. The molecule has 0 radical (unpaired) electrons. The molecule has 1 saturated heterocycles. The van der Waals surface area contributed by atoms with Crippen LogP contribution in [0.25, 0.3) is 0 Å². The van der Waals surface area contributed by atoms with Gasteiger partial charge < -0.3 is 5.32 Å². The van der Waals surface area contributed by atoms with E-state index in [0.29, 0.717) is 12.1 Å². The maximum Gasteiger partial charge on any atom is 0.254 e. The number of carbonyl (C=O) groups is 1. The van der Waals surface area contributed by atoms with Gasteiger partial charge in [0.25, 0.3) is 5.91 Å². The summed E-state index contributed by atoms with van der Waals surface area (Å²) >= 11 is 7.90. The second-order valence-electron chi connectivity index (χ2n) is 6.05. The zero-order valence-corrected chi connectivity index (χ0v) is 15.8. The van der Waals surface area contributed by atoms with E-state index in [2.05, 4.69) is 21.3 Å². The molecule has 0 spiro atoms. The summed E-state index contributed by atoms with van der Waals surface area (Å²) in [7, 11) is 0. The molecule has 1 amide bonds. The molecule has 2 aromatic rings. The Morgan fingerprint density at radius 3 is 2.76 bits per heavy atom. The fourth-order valence-corrected chi connectivity index (χ4v) is 4.05. The van der Waals surface area contributed by atoms with Crippen LogP contribution >= 0.6 is 23.4 Å². The van der Waals surface area contributed by atoms with Crippen LogP contribution < -0.4 is 5.32 Å². The van der Waals surface area contributed by atoms with E-state index in [9.17, 15) is 4.79 Å². The predicted molar refractivity (Wildman–Crippen MR) is 103 cm³/mol. The van der Waals surface area contributed by atoms with E-state index in [0.717, 1.165) is 28.7 Å². The third kappa shape index (κ3) is 4.35. The quantitative estimate of drug-likeness (QED) is 0.774. The zero-order chi connectivity index (χ0) is 17.6. The topological polar surface area (TPSA) is 45.2 Å². The van der Waals surface area contributed by atoms with Crippen LogP contribution in [0.5, 0.6) is 0 Å². The van der Waals surface area contributed by atoms with Gasteiger partial charge in [0.1, 0.15) is 5.03 Å². The first-order chi connectivity index (χ1) is 12.2. The van der Waals surface area contributed by atoms with Gasteiger partial charge in [-0.3, -0.25) is 9.69 Å². The summed E-state index contributed by atoms with van der Waals surface area (Å²) in [5, 5.41) is 4.58. The number of nitrogens with one attached hydrogen (secondary N) is 1. The molecule has 1 unspecified atom stereocenters. The summed E-state index contributed by atoms with van der Waals surface area (Å²) in [6.45, 7) is 2.61. The van der Waals surface area contributed by atoms with Gasteiger partial charge >= 0.3 is 0 Å². The van der Waals surface area contributed by atoms with Gasteiger partial charge in [0, 0.05) is 17.8 Å². The molecule has 0 bridgehead atoms. The molecule has 1 fully saturated rings. The highest BCUT2D eigenvalue weighted by Gasteiger charge is 2.26. The molecule has 1 aromatic heterocycles. The molecule has 0 saturated carbocycles. The maximum atomic E-state index is 12.6. The minimum atomic E-state index is -0.0892. The average molecular weight is 376 g/mol. The molecule has 25 heavy (non-hydrogen) atoms. The summed E-state index contributed by atoms with van der Waals surface area (Å²) in [6, 6.07) is 11.6. The molecule has 1 aromatic carbocycles. The van der Waals surface area contributed by atoms with Crippen molar-refractivity contribution in [2.45, 2.75) is 23.9 Å².